The van der Waals surface area contributed by atoms with Crippen LogP contribution in [0.1, 0.15) is 125 Å². The van der Waals surface area contributed by atoms with E-state index in [2.05, 4.69) is 89.7 Å². The minimum absolute atomic E-state index is 0.0118. The van der Waals surface area contributed by atoms with Gasteiger partial charge in [-0.2, -0.15) is 0 Å². The minimum Gasteiger partial charge on any atom is -0.469 e. The summed E-state index contributed by atoms with van der Waals surface area (Å²) in [7, 11) is 2.68. The second kappa shape index (κ2) is 20.3. The normalized spacial score (nSPS) is 16.9. The van der Waals surface area contributed by atoms with Crippen molar-refractivity contribution in [2.75, 3.05) is 27.3 Å². The summed E-state index contributed by atoms with van der Waals surface area (Å²) in [5.74, 6) is 11.6. The Hall–Kier alpha value is -6.92. The van der Waals surface area contributed by atoms with Crippen LogP contribution in [0.15, 0.2) is 85.2 Å². The van der Waals surface area contributed by atoms with Gasteiger partial charge in [0.2, 0.25) is 11.8 Å². The van der Waals surface area contributed by atoms with Crippen LogP contribution in [0.25, 0.3) is 22.4 Å². The molecule has 4 heterocycles. The molecule has 2 amide bonds. The first-order valence-corrected chi connectivity index (χ1v) is 22.4. The lowest BCUT2D eigenvalue weighted by molar-refractivity contribution is -0.148. The smallest absolute Gasteiger partial charge is 0.306 e. The average Bonchev–Trinajstić information content (AvgIpc) is 4.16. The number of nitrogens with zero attached hydrogens (tertiary/aromatic N) is 4. The van der Waals surface area contributed by atoms with Crippen molar-refractivity contribution >= 4 is 23.8 Å². The molecule has 2 aromatic heterocycles. The maximum atomic E-state index is 14.0. The molecule has 0 spiro atoms. The number of esters is 2. The van der Waals surface area contributed by atoms with E-state index in [-0.39, 0.29) is 54.0 Å². The minimum atomic E-state index is -0.662. The largest absolute Gasteiger partial charge is 0.469 e. The van der Waals surface area contributed by atoms with Crippen LogP contribution < -0.4 is 0 Å². The fourth-order valence-electron chi connectivity index (χ4n) is 8.83. The quantitative estimate of drug-likeness (QED) is 0.0934. The zero-order valence-electron chi connectivity index (χ0n) is 38.4. The third-order valence-corrected chi connectivity index (χ3v) is 12.6. The number of rotatable bonds is 12. The van der Waals surface area contributed by atoms with Gasteiger partial charge in [0.15, 0.2) is 0 Å². The summed E-state index contributed by atoms with van der Waals surface area (Å²) in [5, 5.41) is 0. The number of carbonyl (C=O) groups is 4. The molecule has 12 nitrogen and oxygen atoms in total. The number of imidazole rings is 2. The van der Waals surface area contributed by atoms with Gasteiger partial charge in [0, 0.05) is 24.2 Å². The van der Waals surface area contributed by atoms with Crippen molar-refractivity contribution in [3.05, 3.63) is 119 Å². The third kappa shape index (κ3) is 10.7. The summed E-state index contributed by atoms with van der Waals surface area (Å²) in [6.07, 6.45) is 6.63. The molecule has 0 unspecified atom stereocenters. The lowest BCUT2D eigenvalue weighted by atomic mass is 9.86. The number of likely N-dealkylation sites (tertiary alicyclic amines) is 2. The fourth-order valence-corrected chi connectivity index (χ4v) is 8.83. The lowest BCUT2D eigenvalue weighted by Gasteiger charge is -2.29. The van der Waals surface area contributed by atoms with Crippen molar-refractivity contribution in [1.82, 2.24) is 29.7 Å². The van der Waals surface area contributed by atoms with Crippen LogP contribution >= 0.6 is 0 Å². The van der Waals surface area contributed by atoms with E-state index in [1.165, 1.54) is 19.8 Å². The van der Waals surface area contributed by atoms with Crippen molar-refractivity contribution < 1.29 is 28.7 Å². The van der Waals surface area contributed by atoms with E-state index in [4.69, 9.17) is 14.5 Å². The van der Waals surface area contributed by atoms with E-state index in [0.717, 1.165) is 59.2 Å². The van der Waals surface area contributed by atoms with Gasteiger partial charge < -0.3 is 29.2 Å². The molecule has 2 fully saturated rings. The number of hydrogen-bond donors (Lipinski definition) is 2. The molecule has 336 valence electrons. The number of H-pyrrole nitrogens is 2. The number of amides is 2. The summed E-state index contributed by atoms with van der Waals surface area (Å²) >= 11 is 0. The number of ether oxygens (including phenoxy) is 2. The zero-order valence-corrected chi connectivity index (χ0v) is 38.4. The van der Waals surface area contributed by atoms with Gasteiger partial charge in [0.05, 0.1) is 69.1 Å². The highest BCUT2D eigenvalue weighted by Crippen LogP contribution is 2.37. The van der Waals surface area contributed by atoms with Gasteiger partial charge in [0.1, 0.15) is 17.3 Å². The maximum absolute atomic E-state index is 14.0. The summed E-state index contributed by atoms with van der Waals surface area (Å²) < 4.78 is 9.85. The number of nitrogens with one attached hydrogen (secondary N) is 2. The first-order chi connectivity index (χ1) is 31.2. The highest BCUT2D eigenvalue weighted by Gasteiger charge is 2.39. The average molecular weight is 875 g/mol. The lowest BCUT2D eigenvalue weighted by Crippen LogP contribution is -2.39. The highest BCUT2D eigenvalue weighted by molar-refractivity contribution is 5.89. The monoisotopic (exact) mass is 874 g/mol. The van der Waals surface area contributed by atoms with Gasteiger partial charge in [-0.3, -0.25) is 19.2 Å². The summed E-state index contributed by atoms with van der Waals surface area (Å²) in [4.78, 5) is 72.3. The molecule has 4 atom stereocenters. The molecule has 2 saturated heterocycles. The predicted octanol–water partition coefficient (Wildman–Crippen LogP) is 8.68. The second-order valence-electron chi connectivity index (χ2n) is 18.2. The number of aromatic amines is 2. The molecule has 12 heteroatoms. The molecule has 2 aliphatic heterocycles. The number of aromatic nitrogens is 4. The Kier molecular flexibility index (Phi) is 14.4. The van der Waals surface area contributed by atoms with Crippen LogP contribution in [-0.2, 0) is 34.1 Å². The van der Waals surface area contributed by atoms with E-state index in [1.807, 2.05) is 72.3 Å². The molecule has 65 heavy (non-hydrogen) atoms. The van der Waals surface area contributed by atoms with E-state index < -0.39 is 17.8 Å². The van der Waals surface area contributed by atoms with E-state index >= 15 is 0 Å². The SMILES string of the molecule is COC(=O)C[C@H](C(=O)N1CCC[C@H]1c1ncc(-c2ccc(C#CC#Cc3cnc([C@@H]4CCCN4C(=O)[C@H](CC(=O)OC)c4ccccc4)[nH]3)c(-c3ccc(C(C)(C)C)cc3)c2)[nH]1)C(C)C. The van der Waals surface area contributed by atoms with E-state index in [0.29, 0.717) is 30.4 Å². The Morgan fingerprint density at radius 1 is 0.738 bits per heavy atom. The Balaban J connectivity index is 1.12. The van der Waals surface area contributed by atoms with Crippen LogP contribution in [-0.4, -0.2) is 80.8 Å². The van der Waals surface area contributed by atoms with Crippen LogP contribution in [0.5, 0.6) is 0 Å². The molecule has 2 N–H and O–H groups in total. The number of hydrogen-bond acceptors (Lipinski definition) is 8. The molecular weight excluding hydrogens is 817 g/mol. The fraction of sp³-hybridized carbons (Fsp3) is 0.396. The second-order valence-corrected chi connectivity index (χ2v) is 18.2. The van der Waals surface area contributed by atoms with Crippen molar-refractivity contribution in [3.63, 3.8) is 0 Å². The molecule has 0 saturated carbocycles. The third-order valence-electron chi connectivity index (χ3n) is 12.6. The summed E-state index contributed by atoms with van der Waals surface area (Å²) in [6.45, 7) is 11.7. The first kappa shape index (κ1) is 46.1. The molecule has 0 radical (unpaired) electrons. The van der Waals surface area contributed by atoms with Crippen LogP contribution in [0.4, 0.5) is 0 Å². The molecule has 7 rings (SSSR count). The van der Waals surface area contributed by atoms with Crippen LogP contribution in [0, 0.1) is 35.5 Å². The Morgan fingerprint density at radius 2 is 1.34 bits per heavy atom. The Bertz CT molecular complexity index is 2630. The number of benzene rings is 3. The Morgan fingerprint density at radius 3 is 1.98 bits per heavy atom. The summed E-state index contributed by atoms with van der Waals surface area (Å²) in [5.41, 5.74) is 7.03. The molecule has 0 aliphatic carbocycles. The molecule has 3 aromatic carbocycles. The van der Waals surface area contributed by atoms with Crippen molar-refractivity contribution in [2.45, 2.75) is 96.6 Å². The first-order valence-electron chi connectivity index (χ1n) is 22.4. The van der Waals surface area contributed by atoms with Crippen LogP contribution in [0.3, 0.4) is 0 Å². The van der Waals surface area contributed by atoms with Gasteiger partial charge in [-0.05, 0) is 89.2 Å². The maximum Gasteiger partial charge on any atom is 0.306 e. The predicted molar refractivity (Wildman–Crippen MR) is 249 cm³/mol. The summed E-state index contributed by atoms with van der Waals surface area (Å²) in [6, 6.07) is 23.5. The van der Waals surface area contributed by atoms with Gasteiger partial charge in [-0.15, -0.1) is 0 Å². The van der Waals surface area contributed by atoms with Crippen molar-refractivity contribution in [2.24, 2.45) is 11.8 Å². The van der Waals surface area contributed by atoms with Crippen molar-refractivity contribution in [1.29, 1.82) is 0 Å². The van der Waals surface area contributed by atoms with E-state index in [9.17, 15) is 19.2 Å². The Labute approximate surface area is 381 Å². The van der Waals surface area contributed by atoms with E-state index in [1.54, 1.807) is 6.20 Å². The van der Waals surface area contributed by atoms with Gasteiger partial charge >= 0.3 is 11.9 Å². The van der Waals surface area contributed by atoms with Gasteiger partial charge in [-0.25, -0.2) is 9.97 Å². The number of carbonyl (C=O) groups excluding carboxylic acids is 4. The van der Waals surface area contributed by atoms with Gasteiger partial charge in [0.25, 0.3) is 0 Å². The molecule has 2 aliphatic rings. The molecular formula is C53H58N6O6. The van der Waals surface area contributed by atoms with Crippen molar-refractivity contribution in [3.8, 4) is 46.1 Å². The van der Waals surface area contributed by atoms with Gasteiger partial charge in [-0.1, -0.05) is 101 Å². The van der Waals surface area contributed by atoms with Crippen LogP contribution in [0.2, 0.25) is 0 Å². The molecule has 0 bridgehead atoms. The topological polar surface area (TPSA) is 151 Å². The molecule has 5 aromatic rings. The number of methoxy groups -OCH3 is 2. The standard InChI is InChI=1S/C53H58N6O6/c1-34(2)41(30-47(60)64-6)51(62)58-27-14-20-46(58)50-55-33-44(57-50)38-22-21-36(42(29-38)37-23-25-39(26-24-37)53(3,4)5)17-11-12-18-40-32-54-49(56-40)45-19-13-28-59(45)52(63)43(31-48(61)65-7)35-15-9-8-10-16-35/h8-10,15-16,21-26,29,32-34,41,43,45-46H,13-14,19-20,27-28,30-31H2,1-7H3,(H,54,56)(H,55,57)/t41-,43+,45-,46-/m0/s1. The zero-order chi connectivity index (χ0) is 46.3. The highest BCUT2D eigenvalue weighted by atomic mass is 16.5.